The fourth-order valence-corrected chi connectivity index (χ4v) is 5.95. The zero-order valence-corrected chi connectivity index (χ0v) is 28.3. The Morgan fingerprint density at radius 2 is 1.51 bits per heavy atom. The number of phenolic OH excluding ortho intramolecular Hbond substituents is 4. The van der Waals surface area contributed by atoms with Gasteiger partial charge in [0, 0.05) is 6.08 Å². The fraction of sp³-hybridized carbons (Fsp3) is 0.559. The van der Waals surface area contributed by atoms with E-state index in [1.165, 1.54) is 49.4 Å². The summed E-state index contributed by atoms with van der Waals surface area (Å²) in [6.45, 7) is -1.02. The van der Waals surface area contributed by atoms with Gasteiger partial charge in [-0.15, -0.1) is 0 Å². The van der Waals surface area contributed by atoms with Gasteiger partial charge in [-0.05, 0) is 54.8 Å². The zero-order chi connectivity index (χ0) is 38.6. The quantitative estimate of drug-likeness (QED) is 0.0569. The van der Waals surface area contributed by atoms with Gasteiger partial charge in [-0.1, -0.05) is 12.1 Å². The molecular formula is C34H44O19. The standard InChI is InChI=1S/C34H44O19/c1-15-24(42)25(43)29(53-33-30(45)34(46,13-36)14-48-33)32(49-15)52-28-26(44)31(47-9-8-17-3-6-19(38)21(40)11-17)50-22(12-35)27(28)51-23(41)7-4-16-2-5-18(37)20(39)10-16/h2-7,10-11,15,22,24-33,35-40,42-46H,8-9,12-14H2,1H3/b7-4+/t15-,22+,24-,25+,26+,27+,28+,29+,30-,31+,32-,33-,34+/m0/s1. The average Bonchev–Trinajstić information content (AvgIpc) is 3.42. The van der Waals surface area contributed by atoms with Crippen LogP contribution in [0, 0.1) is 0 Å². The van der Waals surface area contributed by atoms with Crippen molar-refractivity contribution < 1.29 is 94.1 Å². The number of aromatic hydroxyl groups is 4. The molecule has 3 fully saturated rings. The molecule has 3 saturated heterocycles. The number of esters is 1. The predicted molar refractivity (Wildman–Crippen MR) is 174 cm³/mol. The molecule has 0 aromatic heterocycles. The van der Waals surface area contributed by atoms with Gasteiger partial charge >= 0.3 is 5.97 Å². The highest BCUT2D eigenvalue weighted by molar-refractivity contribution is 5.87. The minimum Gasteiger partial charge on any atom is -0.504 e. The summed E-state index contributed by atoms with van der Waals surface area (Å²) in [7, 11) is 0. The van der Waals surface area contributed by atoms with Crippen LogP contribution in [-0.2, 0) is 44.4 Å². The molecule has 11 N–H and O–H groups in total. The van der Waals surface area contributed by atoms with Crippen molar-refractivity contribution in [3.05, 3.63) is 53.6 Å². The van der Waals surface area contributed by atoms with Crippen LogP contribution in [0.3, 0.4) is 0 Å². The number of hydrogen-bond acceptors (Lipinski definition) is 19. The second kappa shape index (κ2) is 17.2. The van der Waals surface area contributed by atoms with Gasteiger partial charge in [0.1, 0.15) is 48.3 Å². The summed E-state index contributed by atoms with van der Waals surface area (Å²) < 4.78 is 40.1. The smallest absolute Gasteiger partial charge is 0.331 e. The Morgan fingerprint density at radius 1 is 0.830 bits per heavy atom. The summed E-state index contributed by atoms with van der Waals surface area (Å²) in [5.41, 5.74) is -1.28. The average molecular weight is 757 g/mol. The molecule has 3 heterocycles. The second-order valence-electron chi connectivity index (χ2n) is 12.9. The van der Waals surface area contributed by atoms with Gasteiger partial charge in [-0.2, -0.15) is 0 Å². The van der Waals surface area contributed by atoms with Crippen LogP contribution in [0.5, 0.6) is 23.0 Å². The maximum absolute atomic E-state index is 13.1. The van der Waals surface area contributed by atoms with E-state index in [1.54, 1.807) is 0 Å². The van der Waals surface area contributed by atoms with Crippen molar-refractivity contribution in [2.24, 2.45) is 0 Å². The van der Waals surface area contributed by atoms with Crippen LogP contribution in [-0.4, -0.2) is 168 Å². The highest BCUT2D eigenvalue weighted by Gasteiger charge is 2.55. The molecule has 3 aliphatic heterocycles. The molecule has 294 valence electrons. The number of aliphatic hydroxyl groups is 7. The van der Waals surface area contributed by atoms with E-state index in [2.05, 4.69) is 0 Å². The van der Waals surface area contributed by atoms with Crippen LogP contribution in [0.4, 0.5) is 0 Å². The first-order chi connectivity index (χ1) is 25.1. The van der Waals surface area contributed by atoms with Crippen LogP contribution in [0.15, 0.2) is 42.5 Å². The molecule has 0 aliphatic carbocycles. The Bertz CT molecular complexity index is 1570. The Morgan fingerprint density at radius 3 is 2.15 bits per heavy atom. The van der Waals surface area contributed by atoms with Crippen LogP contribution in [0.2, 0.25) is 0 Å². The Hall–Kier alpha value is -3.67. The topological polar surface area (TPSA) is 304 Å². The van der Waals surface area contributed by atoms with Crippen molar-refractivity contribution in [2.75, 3.05) is 26.4 Å². The number of rotatable bonds is 13. The van der Waals surface area contributed by atoms with E-state index >= 15 is 0 Å². The van der Waals surface area contributed by atoms with Crippen molar-refractivity contribution in [1.29, 1.82) is 0 Å². The van der Waals surface area contributed by atoms with Crippen molar-refractivity contribution in [3.63, 3.8) is 0 Å². The largest absolute Gasteiger partial charge is 0.504 e. The van der Waals surface area contributed by atoms with E-state index in [1.807, 2.05) is 0 Å². The summed E-state index contributed by atoms with van der Waals surface area (Å²) in [5.74, 6) is -2.58. The third-order valence-electron chi connectivity index (χ3n) is 9.12. The number of benzene rings is 2. The highest BCUT2D eigenvalue weighted by Crippen LogP contribution is 2.35. The summed E-state index contributed by atoms with van der Waals surface area (Å²) in [5, 5.41) is 113. The Balaban J connectivity index is 1.40. The van der Waals surface area contributed by atoms with Crippen molar-refractivity contribution in [2.45, 2.75) is 92.8 Å². The number of carbonyl (C=O) groups excluding carboxylic acids is 1. The summed E-state index contributed by atoms with van der Waals surface area (Å²) >= 11 is 0. The minimum absolute atomic E-state index is 0.137. The number of hydrogen-bond donors (Lipinski definition) is 11. The van der Waals surface area contributed by atoms with Gasteiger partial charge in [0.05, 0.1) is 32.5 Å². The molecule has 5 rings (SSSR count). The first kappa shape index (κ1) is 40.5. The van der Waals surface area contributed by atoms with Crippen LogP contribution < -0.4 is 0 Å². The second-order valence-corrected chi connectivity index (χ2v) is 12.9. The molecule has 0 amide bonds. The molecule has 0 bridgehead atoms. The van der Waals surface area contributed by atoms with Gasteiger partial charge in [-0.25, -0.2) is 4.79 Å². The van der Waals surface area contributed by atoms with Gasteiger partial charge in [0.15, 0.2) is 48.0 Å². The third-order valence-corrected chi connectivity index (χ3v) is 9.12. The predicted octanol–water partition coefficient (Wildman–Crippen LogP) is -2.55. The highest BCUT2D eigenvalue weighted by atomic mass is 16.8. The van der Waals surface area contributed by atoms with E-state index in [0.717, 1.165) is 6.08 Å². The van der Waals surface area contributed by atoms with Crippen molar-refractivity contribution >= 4 is 12.0 Å². The third kappa shape index (κ3) is 9.18. The monoisotopic (exact) mass is 756 g/mol. The molecule has 19 nitrogen and oxygen atoms in total. The van der Waals surface area contributed by atoms with E-state index in [9.17, 15) is 61.0 Å². The number of ether oxygens (including phenoxy) is 7. The van der Waals surface area contributed by atoms with Gasteiger partial charge < -0.3 is 89.3 Å². The first-order valence-electron chi connectivity index (χ1n) is 16.6. The molecule has 3 aliphatic rings. The molecular weight excluding hydrogens is 712 g/mol. The maximum atomic E-state index is 13.1. The molecule has 0 unspecified atom stereocenters. The number of aliphatic hydroxyl groups excluding tert-OH is 6. The molecule has 2 aromatic carbocycles. The van der Waals surface area contributed by atoms with Crippen LogP contribution >= 0.6 is 0 Å². The Kier molecular flexibility index (Phi) is 13.2. The van der Waals surface area contributed by atoms with Crippen LogP contribution in [0.1, 0.15) is 18.1 Å². The first-order valence-corrected chi connectivity index (χ1v) is 16.6. The number of carbonyl (C=O) groups is 1. The van der Waals surface area contributed by atoms with E-state index in [4.69, 9.17) is 33.2 Å². The van der Waals surface area contributed by atoms with E-state index in [0.29, 0.717) is 11.1 Å². The Labute approximate surface area is 302 Å². The van der Waals surface area contributed by atoms with E-state index in [-0.39, 0.29) is 30.3 Å². The lowest BCUT2D eigenvalue weighted by molar-refractivity contribution is -0.372. The van der Waals surface area contributed by atoms with Crippen molar-refractivity contribution in [3.8, 4) is 23.0 Å². The van der Waals surface area contributed by atoms with Crippen LogP contribution in [0.25, 0.3) is 6.08 Å². The van der Waals surface area contributed by atoms with Gasteiger partial charge in [-0.3, -0.25) is 0 Å². The normalized spacial score (nSPS) is 36.2. The molecule has 53 heavy (non-hydrogen) atoms. The molecule has 19 heteroatoms. The molecule has 0 saturated carbocycles. The fourth-order valence-electron chi connectivity index (χ4n) is 5.95. The number of phenols is 4. The zero-order valence-electron chi connectivity index (χ0n) is 28.3. The molecule has 13 atom stereocenters. The SMILES string of the molecule is C[C@@H]1O[C@@H](O[C@@H]2[C@@H](O)[C@H](OCCc3ccc(O)c(O)c3)O[C@H](CO)[C@H]2OC(=O)/C=C/c2ccc(O)c(O)c2)[C@H](O[C@@H]2OC[C@](O)(CO)[C@H]2O)[C@H](O)[C@H]1O. The van der Waals surface area contributed by atoms with Gasteiger partial charge in [0.2, 0.25) is 0 Å². The molecule has 2 aromatic rings. The lowest BCUT2D eigenvalue weighted by atomic mass is 9.96. The maximum Gasteiger partial charge on any atom is 0.331 e. The summed E-state index contributed by atoms with van der Waals surface area (Å²) in [4.78, 5) is 13.1. The summed E-state index contributed by atoms with van der Waals surface area (Å²) in [6.07, 6.45) is -17.2. The van der Waals surface area contributed by atoms with Gasteiger partial charge in [0.25, 0.3) is 0 Å². The lowest BCUT2D eigenvalue weighted by Gasteiger charge is -2.47. The van der Waals surface area contributed by atoms with E-state index < -0.39 is 111 Å². The van der Waals surface area contributed by atoms with Crippen molar-refractivity contribution in [1.82, 2.24) is 0 Å². The molecule has 0 radical (unpaired) electrons. The minimum atomic E-state index is -2.12. The summed E-state index contributed by atoms with van der Waals surface area (Å²) in [6, 6.07) is 7.85. The molecule has 0 spiro atoms. The lowest BCUT2D eigenvalue weighted by Crippen LogP contribution is -2.65.